The van der Waals surface area contributed by atoms with Gasteiger partial charge in [-0.05, 0) is 43.4 Å². The van der Waals surface area contributed by atoms with Crippen LogP contribution in [0.4, 0.5) is 0 Å². The Morgan fingerprint density at radius 3 is 2.48 bits per heavy atom. The Balaban J connectivity index is 2.00. The highest BCUT2D eigenvalue weighted by molar-refractivity contribution is 5.98. The van der Waals surface area contributed by atoms with Crippen molar-refractivity contribution in [3.8, 4) is 5.75 Å². The minimum Gasteiger partial charge on any atom is -0.493 e. The minimum absolute atomic E-state index is 0.0545. The van der Waals surface area contributed by atoms with E-state index in [1.165, 1.54) is 5.56 Å². The second kappa shape index (κ2) is 7.07. The summed E-state index contributed by atoms with van der Waals surface area (Å²) in [5.41, 5.74) is 2.98. The van der Waals surface area contributed by atoms with Crippen molar-refractivity contribution in [3.63, 3.8) is 0 Å². The zero-order valence-electron chi connectivity index (χ0n) is 12.9. The molecular formula is C19H22O2. The number of hydrogen-bond donors (Lipinski definition) is 0. The minimum atomic E-state index is 0.0545. The van der Waals surface area contributed by atoms with Crippen LogP contribution in [0.3, 0.4) is 0 Å². The number of aryl methyl sites for hydroxylation is 1. The van der Waals surface area contributed by atoms with Crippen molar-refractivity contribution < 1.29 is 9.53 Å². The molecular weight excluding hydrogens is 260 g/mol. The lowest BCUT2D eigenvalue weighted by Gasteiger charge is -2.16. The topological polar surface area (TPSA) is 26.3 Å². The van der Waals surface area contributed by atoms with Gasteiger partial charge in [0.05, 0.1) is 12.2 Å². The van der Waals surface area contributed by atoms with E-state index in [0.29, 0.717) is 23.8 Å². The van der Waals surface area contributed by atoms with Crippen LogP contribution >= 0.6 is 0 Å². The average molecular weight is 282 g/mol. The van der Waals surface area contributed by atoms with Crippen molar-refractivity contribution in [2.75, 3.05) is 6.61 Å². The Hall–Kier alpha value is -2.09. The molecule has 0 radical (unpaired) electrons. The van der Waals surface area contributed by atoms with Crippen molar-refractivity contribution >= 4 is 5.78 Å². The number of ether oxygens (including phenoxy) is 1. The summed E-state index contributed by atoms with van der Waals surface area (Å²) in [5, 5.41) is 0. The molecule has 0 aliphatic carbocycles. The number of rotatable bonds is 6. The van der Waals surface area contributed by atoms with Crippen LogP contribution in [0.5, 0.6) is 5.75 Å². The van der Waals surface area contributed by atoms with Gasteiger partial charge in [-0.1, -0.05) is 49.4 Å². The van der Waals surface area contributed by atoms with E-state index < -0.39 is 0 Å². The largest absolute Gasteiger partial charge is 0.493 e. The Bertz CT molecular complexity index is 602. The van der Waals surface area contributed by atoms with Crippen LogP contribution < -0.4 is 4.74 Å². The molecule has 0 aliphatic rings. The Labute approximate surface area is 126 Å². The van der Waals surface area contributed by atoms with E-state index in [2.05, 4.69) is 31.2 Å². The highest BCUT2D eigenvalue weighted by atomic mass is 16.5. The molecule has 1 atom stereocenters. The molecule has 2 rings (SSSR count). The van der Waals surface area contributed by atoms with Gasteiger partial charge < -0.3 is 4.74 Å². The third-order valence-corrected chi connectivity index (χ3v) is 3.54. The maximum atomic E-state index is 11.7. The lowest BCUT2D eigenvalue weighted by Crippen LogP contribution is -2.13. The van der Waals surface area contributed by atoms with Crippen molar-refractivity contribution in [2.45, 2.75) is 27.2 Å². The first-order valence-corrected chi connectivity index (χ1v) is 7.35. The molecule has 0 aliphatic heterocycles. The van der Waals surface area contributed by atoms with E-state index in [9.17, 15) is 4.79 Å². The number of Topliss-reactive ketones (excluding diaryl/α,β-unsaturated/α-hetero) is 1. The molecule has 0 saturated heterocycles. The summed E-state index contributed by atoms with van der Waals surface area (Å²) in [5.74, 6) is 1.15. The van der Waals surface area contributed by atoms with Crippen LogP contribution in [0.2, 0.25) is 0 Å². The molecule has 0 fully saturated rings. The smallest absolute Gasteiger partial charge is 0.163 e. The lowest BCUT2D eigenvalue weighted by atomic mass is 10.0. The molecule has 0 N–H and O–H groups in total. The first-order chi connectivity index (χ1) is 10.1. The van der Waals surface area contributed by atoms with Gasteiger partial charge in [-0.15, -0.1) is 0 Å². The van der Waals surface area contributed by atoms with Gasteiger partial charge in [0.15, 0.2) is 5.78 Å². The predicted molar refractivity (Wildman–Crippen MR) is 86.0 cm³/mol. The lowest BCUT2D eigenvalue weighted by molar-refractivity contribution is 0.101. The van der Waals surface area contributed by atoms with Gasteiger partial charge >= 0.3 is 0 Å². The van der Waals surface area contributed by atoms with E-state index in [-0.39, 0.29) is 5.78 Å². The maximum Gasteiger partial charge on any atom is 0.163 e. The molecule has 2 aromatic carbocycles. The summed E-state index contributed by atoms with van der Waals surface area (Å²) < 4.78 is 5.89. The van der Waals surface area contributed by atoms with Gasteiger partial charge in [0, 0.05) is 0 Å². The van der Waals surface area contributed by atoms with Crippen molar-refractivity contribution in [1.82, 2.24) is 0 Å². The molecule has 110 valence electrons. The van der Waals surface area contributed by atoms with Crippen molar-refractivity contribution in [3.05, 3.63) is 65.2 Å². The van der Waals surface area contributed by atoms with Crippen LogP contribution in [-0.2, 0) is 6.42 Å². The number of hydrogen-bond acceptors (Lipinski definition) is 2. The summed E-state index contributed by atoms with van der Waals surface area (Å²) >= 11 is 0. The molecule has 0 spiro atoms. The van der Waals surface area contributed by atoms with E-state index in [1.54, 1.807) is 6.92 Å². The van der Waals surface area contributed by atoms with E-state index in [1.807, 2.05) is 31.2 Å². The first-order valence-electron chi connectivity index (χ1n) is 7.35. The van der Waals surface area contributed by atoms with Gasteiger partial charge in [-0.2, -0.15) is 0 Å². The number of carbonyl (C=O) groups is 1. The molecule has 0 bridgehead atoms. The van der Waals surface area contributed by atoms with E-state index in [0.717, 1.165) is 12.0 Å². The number of carbonyl (C=O) groups excluding carboxylic acids is 1. The average Bonchev–Trinajstić information content (AvgIpc) is 2.45. The highest BCUT2D eigenvalue weighted by Gasteiger charge is 2.12. The molecule has 21 heavy (non-hydrogen) atoms. The summed E-state index contributed by atoms with van der Waals surface area (Å²) in [6.07, 6.45) is 0.974. The van der Waals surface area contributed by atoms with Gasteiger partial charge in [-0.25, -0.2) is 0 Å². The highest BCUT2D eigenvalue weighted by Crippen LogP contribution is 2.23. The van der Waals surface area contributed by atoms with Crippen LogP contribution in [-0.4, -0.2) is 12.4 Å². The molecule has 0 amide bonds. The quantitative estimate of drug-likeness (QED) is 0.731. The fourth-order valence-corrected chi connectivity index (χ4v) is 2.52. The fourth-order valence-electron chi connectivity index (χ4n) is 2.52. The first kappa shape index (κ1) is 15.3. The van der Waals surface area contributed by atoms with Gasteiger partial charge in [-0.3, -0.25) is 4.79 Å². The molecule has 0 saturated carbocycles. The van der Waals surface area contributed by atoms with E-state index in [4.69, 9.17) is 4.74 Å². The van der Waals surface area contributed by atoms with Gasteiger partial charge in [0.2, 0.25) is 0 Å². The van der Waals surface area contributed by atoms with Crippen LogP contribution in [0.25, 0.3) is 0 Å². The number of ketones is 1. The maximum absolute atomic E-state index is 11.7. The standard InChI is InChI=1S/C19H22O2/c1-14(12-17-9-5-4-6-10-17)13-21-18-11-7-8-15(2)19(18)16(3)20/h4-11,14H,12-13H2,1-3H3. The predicted octanol–water partition coefficient (Wildman–Crippen LogP) is 4.46. The normalized spacial score (nSPS) is 12.0. The zero-order chi connectivity index (χ0) is 15.2. The molecule has 2 nitrogen and oxygen atoms in total. The summed E-state index contributed by atoms with van der Waals surface area (Å²) in [6.45, 7) is 6.30. The Kier molecular flexibility index (Phi) is 5.15. The Morgan fingerprint density at radius 2 is 1.81 bits per heavy atom. The summed E-state index contributed by atoms with van der Waals surface area (Å²) in [4.78, 5) is 11.7. The summed E-state index contributed by atoms with van der Waals surface area (Å²) in [7, 11) is 0. The zero-order valence-corrected chi connectivity index (χ0v) is 12.9. The third-order valence-electron chi connectivity index (χ3n) is 3.54. The van der Waals surface area contributed by atoms with E-state index >= 15 is 0 Å². The molecule has 1 unspecified atom stereocenters. The molecule has 2 aromatic rings. The second-order valence-electron chi connectivity index (χ2n) is 5.61. The number of benzene rings is 2. The van der Waals surface area contributed by atoms with Gasteiger partial charge in [0.25, 0.3) is 0 Å². The Morgan fingerprint density at radius 1 is 1.10 bits per heavy atom. The van der Waals surface area contributed by atoms with Crippen LogP contribution in [0.1, 0.15) is 35.3 Å². The van der Waals surface area contributed by atoms with Crippen molar-refractivity contribution in [1.29, 1.82) is 0 Å². The third kappa shape index (κ3) is 4.19. The van der Waals surface area contributed by atoms with Crippen molar-refractivity contribution in [2.24, 2.45) is 5.92 Å². The van der Waals surface area contributed by atoms with Crippen LogP contribution in [0.15, 0.2) is 48.5 Å². The molecule has 0 heterocycles. The SMILES string of the molecule is CC(=O)c1c(C)cccc1OCC(C)Cc1ccccc1. The van der Waals surface area contributed by atoms with Gasteiger partial charge in [0.1, 0.15) is 5.75 Å². The monoisotopic (exact) mass is 282 g/mol. The fraction of sp³-hybridized carbons (Fsp3) is 0.316. The summed E-state index contributed by atoms with van der Waals surface area (Å²) in [6, 6.07) is 16.1. The van der Waals surface area contributed by atoms with Crippen LogP contribution in [0, 0.1) is 12.8 Å². The molecule has 2 heteroatoms. The molecule has 0 aromatic heterocycles. The second-order valence-corrected chi connectivity index (χ2v) is 5.61.